The van der Waals surface area contributed by atoms with Crippen LogP contribution >= 0.6 is 0 Å². The number of carbonyl (C=O) groups is 1. The van der Waals surface area contributed by atoms with Crippen LogP contribution in [0.3, 0.4) is 0 Å². The highest BCUT2D eigenvalue weighted by molar-refractivity contribution is 5.89. The summed E-state index contributed by atoms with van der Waals surface area (Å²) in [4.78, 5) is 11.2. The predicted octanol–water partition coefficient (Wildman–Crippen LogP) is 2.23. The Hall–Kier alpha value is -1.75. The fourth-order valence-corrected chi connectivity index (χ4v) is 1.25. The largest absolute Gasteiger partial charge is 0.465 e. The Labute approximate surface area is 89.3 Å². The van der Waals surface area contributed by atoms with Crippen molar-refractivity contribution in [3.05, 3.63) is 35.4 Å². The zero-order chi connectivity index (χ0) is 10.7. The molecule has 2 nitrogen and oxygen atoms in total. The summed E-state index contributed by atoms with van der Waals surface area (Å²) in [5.41, 5.74) is 1.44. The van der Waals surface area contributed by atoms with Crippen LogP contribution in [0.1, 0.15) is 28.8 Å². The average molecular weight is 200 g/mol. The van der Waals surface area contributed by atoms with Crippen molar-refractivity contribution in [2.45, 2.75) is 12.8 Å². The van der Waals surface area contributed by atoms with E-state index in [1.807, 2.05) is 12.1 Å². The Kier molecular flexibility index (Phi) is 2.73. The van der Waals surface area contributed by atoms with Gasteiger partial charge >= 0.3 is 5.97 Å². The van der Waals surface area contributed by atoms with Gasteiger partial charge < -0.3 is 4.74 Å². The molecule has 1 aliphatic carbocycles. The first-order valence-electron chi connectivity index (χ1n) is 4.99. The van der Waals surface area contributed by atoms with Gasteiger partial charge in [0.05, 0.1) is 12.7 Å². The van der Waals surface area contributed by atoms with Gasteiger partial charge in [0.25, 0.3) is 0 Å². The minimum absolute atomic E-state index is 0.315. The number of hydrogen-bond donors (Lipinski definition) is 0. The molecule has 1 aromatic carbocycles. The lowest BCUT2D eigenvalue weighted by Crippen LogP contribution is -2.00. The maximum atomic E-state index is 11.2. The van der Waals surface area contributed by atoms with Crippen molar-refractivity contribution < 1.29 is 9.53 Å². The van der Waals surface area contributed by atoms with Gasteiger partial charge in [0, 0.05) is 11.5 Å². The second-order valence-electron chi connectivity index (χ2n) is 3.62. The number of esters is 1. The van der Waals surface area contributed by atoms with Crippen LogP contribution in [0.5, 0.6) is 0 Å². The molecule has 0 aromatic heterocycles. The molecule has 1 aromatic rings. The van der Waals surface area contributed by atoms with E-state index in [0.29, 0.717) is 11.5 Å². The summed E-state index contributed by atoms with van der Waals surface area (Å²) in [7, 11) is 1.38. The molecular formula is C13H12O2. The van der Waals surface area contributed by atoms with Crippen LogP contribution in [0.2, 0.25) is 0 Å². The van der Waals surface area contributed by atoms with Crippen molar-refractivity contribution >= 4 is 5.97 Å². The number of rotatable bonds is 1. The standard InChI is InChI=1S/C13H12O2/c1-15-13(14)12-4-2-3-11(9-12)8-7-10-5-6-10/h2-4,9-10H,5-6H2,1H3. The minimum atomic E-state index is -0.315. The summed E-state index contributed by atoms with van der Waals surface area (Å²) in [6, 6.07) is 7.22. The highest BCUT2D eigenvalue weighted by Crippen LogP contribution is 2.27. The molecule has 1 aliphatic rings. The maximum absolute atomic E-state index is 11.2. The number of ether oxygens (including phenoxy) is 1. The molecule has 0 saturated heterocycles. The lowest BCUT2D eigenvalue weighted by Gasteiger charge is -1.98. The van der Waals surface area contributed by atoms with Gasteiger partial charge in [0.15, 0.2) is 0 Å². The van der Waals surface area contributed by atoms with Gasteiger partial charge in [-0.05, 0) is 31.0 Å². The smallest absolute Gasteiger partial charge is 0.337 e. The Balaban J connectivity index is 2.19. The summed E-state index contributed by atoms with van der Waals surface area (Å²) < 4.78 is 4.64. The number of hydrogen-bond acceptors (Lipinski definition) is 2. The third kappa shape index (κ3) is 2.60. The van der Waals surface area contributed by atoms with E-state index in [9.17, 15) is 4.79 Å². The Morgan fingerprint density at radius 2 is 2.27 bits per heavy atom. The molecule has 0 atom stereocenters. The topological polar surface area (TPSA) is 26.3 Å². The van der Waals surface area contributed by atoms with Crippen molar-refractivity contribution in [3.63, 3.8) is 0 Å². The molecule has 0 spiro atoms. The fraction of sp³-hybridized carbons (Fsp3) is 0.308. The van der Waals surface area contributed by atoms with Crippen molar-refractivity contribution in [2.75, 3.05) is 7.11 Å². The van der Waals surface area contributed by atoms with Crippen LogP contribution in [0.4, 0.5) is 0 Å². The summed E-state index contributed by atoms with van der Waals surface area (Å²) >= 11 is 0. The Bertz CT molecular complexity index is 433. The number of carbonyl (C=O) groups excluding carboxylic acids is 1. The summed E-state index contributed by atoms with van der Waals surface area (Å²) in [5.74, 6) is 6.48. The van der Waals surface area contributed by atoms with E-state index < -0.39 is 0 Å². The van der Waals surface area contributed by atoms with Crippen molar-refractivity contribution in [1.82, 2.24) is 0 Å². The van der Waals surface area contributed by atoms with Gasteiger partial charge in [-0.15, -0.1) is 0 Å². The molecule has 2 heteroatoms. The number of methoxy groups -OCH3 is 1. The molecule has 0 N–H and O–H groups in total. The molecule has 15 heavy (non-hydrogen) atoms. The quantitative estimate of drug-likeness (QED) is 0.513. The highest BCUT2D eigenvalue weighted by atomic mass is 16.5. The van der Waals surface area contributed by atoms with Crippen molar-refractivity contribution in [2.24, 2.45) is 5.92 Å². The van der Waals surface area contributed by atoms with Gasteiger partial charge in [0.1, 0.15) is 0 Å². The van der Waals surface area contributed by atoms with Crippen LogP contribution in [0, 0.1) is 17.8 Å². The van der Waals surface area contributed by atoms with Crippen molar-refractivity contribution in [3.8, 4) is 11.8 Å². The first-order valence-corrected chi connectivity index (χ1v) is 4.99. The van der Waals surface area contributed by atoms with E-state index in [1.165, 1.54) is 20.0 Å². The lowest BCUT2D eigenvalue weighted by atomic mass is 10.1. The summed E-state index contributed by atoms with van der Waals surface area (Å²) in [6.07, 6.45) is 2.42. The van der Waals surface area contributed by atoms with Crippen LogP contribution in [0.25, 0.3) is 0 Å². The lowest BCUT2D eigenvalue weighted by molar-refractivity contribution is 0.0600. The first-order chi connectivity index (χ1) is 7.29. The molecule has 1 saturated carbocycles. The summed E-state index contributed by atoms with van der Waals surface area (Å²) in [5, 5.41) is 0. The number of benzene rings is 1. The molecular weight excluding hydrogens is 188 g/mol. The zero-order valence-corrected chi connectivity index (χ0v) is 8.62. The van der Waals surface area contributed by atoms with Gasteiger partial charge in [0.2, 0.25) is 0 Å². The minimum Gasteiger partial charge on any atom is -0.465 e. The summed E-state index contributed by atoms with van der Waals surface area (Å²) in [6.45, 7) is 0. The molecule has 2 rings (SSSR count). The van der Waals surface area contributed by atoms with Crippen LogP contribution in [0.15, 0.2) is 24.3 Å². The van der Waals surface area contributed by atoms with Crippen molar-refractivity contribution in [1.29, 1.82) is 0 Å². The molecule has 0 bridgehead atoms. The van der Waals surface area contributed by atoms with Gasteiger partial charge in [-0.1, -0.05) is 17.9 Å². The van der Waals surface area contributed by atoms with Gasteiger partial charge in [-0.2, -0.15) is 0 Å². The third-order valence-electron chi connectivity index (χ3n) is 2.28. The monoisotopic (exact) mass is 200 g/mol. The first kappa shape index (κ1) is 9.79. The average Bonchev–Trinajstić information content (AvgIpc) is 3.09. The van der Waals surface area contributed by atoms with Crippen LogP contribution in [-0.2, 0) is 4.74 Å². The van der Waals surface area contributed by atoms with Crippen LogP contribution in [-0.4, -0.2) is 13.1 Å². The predicted molar refractivity (Wildman–Crippen MR) is 57.4 cm³/mol. The Morgan fingerprint density at radius 1 is 1.47 bits per heavy atom. The molecule has 0 radical (unpaired) electrons. The highest BCUT2D eigenvalue weighted by Gasteiger charge is 2.17. The van der Waals surface area contributed by atoms with Gasteiger partial charge in [-0.3, -0.25) is 0 Å². The molecule has 76 valence electrons. The third-order valence-corrected chi connectivity index (χ3v) is 2.28. The SMILES string of the molecule is COC(=O)c1cccc(C#CC2CC2)c1. The molecule has 1 fully saturated rings. The van der Waals surface area contributed by atoms with E-state index in [2.05, 4.69) is 16.6 Å². The Morgan fingerprint density at radius 3 is 2.93 bits per heavy atom. The maximum Gasteiger partial charge on any atom is 0.337 e. The van der Waals surface area contributed by atoms with E-state index in [1.54, 1.807) is 12.1 Å². The zero-order valence-electron chi connectivity index (χ0n) is 8.62. The van der Waals surface area contributed by atoms with E-state index >= 15 is 0 Å². The fourth-order valence-electron chi connectivity index (χ4n) is 1.25. The molecule has 0 amide bonds. The molecule has 0 heterocycles. The van der Waals surface area contributed by atoms with E-state index in [4.69, 9.17) is 0 Å². The van der Waals surface area contributed by atoms with Gasteiger partial charge in [-0.25, -0.2) is 4.79 Å². The van der Waals surface area contributed by atoms with E-state index in [-0.39, 0.29) is 5.97 Å². The second-order valence-corrected chi connectivity index (χ2v) is 3.62. The van der Waals surface area contributed by atoms with Crippen LogP contribution < -0.4 is 0 Å². The van der Waals surface area contributed by atoms with E-state index in [0.717, 1.165) is 5.56 Å². The molecule has 0 aliphatic heterocycles. The second kappa shape index (κ2) is 4.18. The molecule has 0 unspecified atom stereocenters. The normalized spacial score (nSPS) is 13.9.